The second-order valence-electron chi connectivity index (χ2n) is 4.66. The molecule has 0 radical (unpaired) electrons. The van der Waals surface area contributed by atoms with Gasteiger partial charge in [0, 0.05) is 26.0 Å². The summed E-state index contributed by atoms with van der Waals surface area (Å²) >= 11 is 0. The summed E-state index contributed by atoms with van der Waals surface area (Å²) in [5.74, 6) is 1.60. The fourth-order valence-corrected chi connectivity index (χ4v) is 2.06. The maximum atomic E-state index is 4.60. The second kappa shape index (κ2) is 5.28. The molecule has 7 nitrogen and oxygen atoms in total. The SMILES string of the molecule is CCCNc1nc(Cn2ccnc2)nc2c1cnn2C. The van der Waals surface area contributed by atoms with Crippen molar-refractivity contribution < 1.29 is 0 Å². The van der Waals surface area contributed by atoms with Gasteiger partial charge in [-0.25, -0.2) is 15.0 Å². The first-order valence-corrected chi connectivity index (χ1v) is 6.66. The molecule has 20 heavy (non-hydrogen) atoms. The number of rotatable bonds is 5. The number of aryl methyl sites for hydroxylation is 1. The highest BCUT2D eigenvalue weighted by molar-refractivity contribution is 5.86. The Kier molecular flexibility index (Phi) is 3.32. The molecule has 0 aliphatic carbocycles. The predicted octanol–water partition coefficient (Wildman–Crippen LogP) is 1.43. The zero-order valence-electron chi connectivity index (χ0n) is 11.6. The van der Waals surface area contributed by atoms with E-state index >= 15 is 0 Å². The van der Waals surface area contributed by atoms with Gasteiger partial charge in [-0.05, 0) is 6.42 Å². The van der Waals surface area contributed by atoms with Crippen molar-refractivity contribution in [1.82, 2.24) is 29.3 Å². The van der Waals surface area contributed by atoms with Crippen molar-refractivity contribution in [3.8, 4) is 0 Å². The van der Waals surface area contributed by atoms with Gasteiger partial charge in [0.25, 0.3) is 0 Å². The van der Waals surface area contributed by atoms with E-state index in [2.05, 4.69) is 32.3 Å². The van der Waals surface area contributed by atoms with Crippen LogP contribution in [0.2, 0.25) is 0 Å². The summed E-state index contributed by atoms with van der Waals surface area (Å²) in [7, 11) is 1.89. The molecule has 0 atom stereocenters. The number of nitrogens with zero attached hydrogens (tertiary/aromatic N) is 6. The molecule has 7 heteroatoms. The molecule has 0 bridgehead atoms. The summed E-state index contributed by atoms with van der Waals surface area (Å²) in [5, 5.41) is 8.55. The third kappa shape index (κ3) is 2.34. The van der Waals surface area contributed by atoms with E-state index in [0.29, 0.717) is 6.54 Å². The van der Waals surface area contributed by atoms with E-state index in [9.17, 15) is 0 Å². The van der Waals surface area contributed by atoms with Crippen molar-refractivity contribution in [2.45, 2.75) is 19.9 Å². The Bertz CT molecular complexity index is 699. The quantitative estimate of drug-likeness (QED) is 0.760. The van der Waals surface area contributed by atoms with Crippen LogP contribution in [0, 0.1) is 0 Å². The average Bonchev–Trinajstić information content (AvgIpc) is 3.07. The Morgan fingerprint density at radius 1 is 1.30 bits per heavy atom. The largest absolute Gasteiger partial charge is 0.369 e. The third-order valence-corrected chi connectivity index (χ3v) is 3.06. The molecule has 0 fully saturated rings. The number of anilines is 1. The Hall–Kier alpha value is -2.44. The first-order chi connectivity index (χ1) is 9.78. The number of hydrogen-bond acceptors (Lipinski definition) is 5. The van der Waals surface area contributed by atoms with Crippen molar-refractivity contribution in [2.75, 3.05) is 11.9 Å². The molecule has 3 aromatic rings. The molecular formula is C13H17N7. The number of imidazole rings is 1. The fraction of sp³-hybridized carbons (Fsp3) is 0.385. The van der Waals surface area contributed by atoms with E-state index in [-0.39, 0.29) is 0 Å². The van der Waals surface area contributed by atoms with Gasteiger partial charge in [-0.1, -0.05) is 6.92 Å². The lowest BCUT2D eigenvalue weighted by molar-refractivity contribution is 0.734. The number of fused-ring (bicyclic) bond motifs is 1. The zero-order valence-corrected chi connectivity index (χ0v) is 11.6. The van der Waals surface area contributed by atoms with E-state index in [4.69, 9.17) is 0 Å². The Balaban J connectivity index is 2.01. The van der Waals surface area contributed by atoms with Crippen LogP contribution in [0.5, 0.6) is 0 Å². The van der Waals surface area contributed by atoms with Crippen molar-refractivity contribution >= 4 is 16.9 Å². The van der Waals surface area contributed by atoms with Crippen molar-refractivity contribution in [3.63, 3.8) is 0 Å². The first-order valence-electron chi connectivity index (χ1n) is 6.66. The van der Waals surface area contributed by atoms with Crippen LogP contribution in [0.25, 0.3) is 11.0 Å². The monoisotopic (exact) mass is 271 g/mol. The van der Waals surface area contributed by atoms with Crippen LogP contribution in [0.3, 0.4) is 0 Å². The van der Waals surface area contributed by atoms with Gasteiger partial charge in [-0.3, -0.25) is 4.68 Å². The van der Waals surface area contributed by atoms with E-state index in [0.717, 1.165) is 35.6 Å². The van der Waals surface area contributed by atoms with Gasteiger partial charge in [0.2, 0.25) is 0 Å². The van der Waals surface area contributed by atoms with Crippen LogP contribution in [0.4, 0.5) is 5.82 Å². The molecule has 0 aromatic carbocycles. The molecule has 3 aromatic heterocycles. The fourth-order valence-electron chi connectivity index (χ4n) is 2.06. The van der Waals surface area contributed by atoms with Crippen molar-refractivity contribution in [1.29, 1.82) is 0 Å². The van der Waals surface area contributed by atoms with Crippen LogP contribution < -0.4 is 5.32 Å². The van der Waals surface area contributed by atoms with E-state index in [1.165, 1.54) is 0 Å². The highest BCUT2D eigenvalue weighted by atomic mass is 15.3. The van der Waals surface area contributed by atoms with Crippen molar-refractivity contribution in [2.24, 2.45) is 7.05 Å². The molecule has 0 aliphatic heterocycles. The van der Waals surface area contributed by atoms with Crippen LogP contribution >= 0.6 is 0 Å². The number of hydrogen-bond donors (Lipinski definition) is 1. The van der Waals surface area contributed by atoms with Crippen LogP contribution in [-0.4, -0.2) is 35.8 Å². The molecule has 0 saturated carbocycles. The summed E-state index contributed by atoms with van der Waals surface area (Å²) in [6.07, 6.45) is 8.25. The summed E-state index contributed by atoms with van der Waals surface area (Å²) in [4.78, 5) is 13.2. The van der Waals surface area contributed by atoms with Gasteiger partial charge in [0.05, 0.1) is 24.5 Å². The maximum absolute atomic E-state index is 4.60. The van der Waals surface area contributed by atoms with Crippen LogP contribution in [0.1, 0.15) is 19.2 Å². The van der Waals surface area contributed by atoms with E-state index in [1.54, 1.807) is 23.4 Å². The van der Waals surface area contributed by atoms with Gasteiger partial charge in [0.15, 0.2) is 11.5 Å². The molecular weight excluding hydrogens is 254 g/mol. The minimum absolute atomic E-state index is 0.599. The predicted molar refractivity (Wildman–Crippen MR) is 76.4 cm³/mol. The summed E-state index contributed by atoms with van der Waals surface area (Å²) in [5.41, 5.74) is 0.841. The minimum Gasteiger partial charge on any atom is -0.369 e. The Labute approximate surface area is 116 Å². The van der Waals surface area contributed by atoms with Crippen molar-refractivity contribution in [3.05, 3.63) is 30.7 Å². The summed E-state index contributed by atoms with van der Waals surface area (Å²) < 4.78 is 3.71. The topological polar surface area (TPSA) is 73.5 Å². The first kappa shape index (κ1) is 12.6. The van der Waals surface area contributed by atoms with Gasteiger partial charge in [0.1, 0.15) is 5.82 Å². The van der Waals surface area contributed by atoms with Crippen LogP contribution in [0.15, 0.2) is 24.9 Å². The third-order valence-electron chi connectivity index (χ3n) is 3.06. The molecule has 0 saturated heterocycles. The van der Waals surface area contributed by atoms with Gasteiger partial charge >= 0.3 is 0 Å². The maximum Gasteiger partial charge on any atom is 0.163 e. The molecule has 3 rings (SSSR count). The zero-order chi connectivity index (χ0) is 13.9. The van der Waals surface area contributed by atoms with E-state index in [1.807, 2.05) is 17.8 Å². The summed E-state index contributed by atoms with van der Waals surface area (Å²) in [6, 6.07) is 0. The highest BCUT2D eigenvalue weighted by Gasteiger charge is 2.11. The standard InChI is InChI=1S/C13H17N7/c1-3-4-15-12-10-7-16-19(2)13(10)18-11(17-12)8-20-6-5-14-9-20/h5-7,9H,3-4,8H2,1-2H3,(H,15,17,18). The van der Waals surface area contributed by atoms with Gasteiger partial charge in [-0.2, -0.15) is 5.10 Å². The molecule has 3 heterocycles. The summed E-state index contributed by atoms with van der Waals surface area (Å²) in [6.45, 7) is 3.61. The Morgan fingerprint density at radius 2 is 2.20 bits per heavy atom. The number of nitrogens with one attached hydrogen (secondary N) is 1. The lowest BCUT2D eigenvalue weighted by Gasteiger charge is -2.08. The molecule has 0 spiro atoms. The van der Waals surface area contributed by atoms with Gasteiger partial charge < -0.3 is 9.88 Å². The molecule has 0 amide bonds. The smallest absolute Gasteiger partial charge is 0.163 e. The normalized spacial score (nSPS) is 11.1. The minimum atomic E-state index is 0.599. The van der Waals surface area contributed by atoms with E-state index < -0.39 is 0 Å². The van der Waals surface area contributed by atoms with Gasteiger partial charge in [-0.15, -0.1) is 0 Å². The average molecular weight is 271 g/mol. The molecule has 104 valence electrons. The Morgan fingerprint density at radius 3 is 2.95 bits per heavy atom. The molecule has 1 N–H and O–H groups in total. The lowest BCUT2D eigenvalue weighted by atomic mass is 10.3. The molecule has 0 unspecified atom stereocenters. The van der Waals surface area contributed by atoms with Crippen LogP contribution in [-0.2, 0) is 13.6 Å². The number of aromatic nitrogens is 6. The lowest BCUT2D eigenvalue weighted by Crippen LogP contribution is -2.09. The molecule has 0 aliphatic rings. The second-order valence-corrected chi connectivity index (χ2v) is 4.66. The highest BCUT2D eigenvalue weighted by Crippen LogP contribution is 2.19.